The van der Waals surface area contributed by atoms with Crippen LogP contribution in [-0.2, 0) is 6.54 Å². The average molecular weight is 278 g/mol. The zero-order valence-corrected chi connectivity index (χ0v) is 12.5. The minimum Gasteiger partial charge on any atom is -0.432 e. The fourth-order valence-corrected chi connectivity index (χ4v) is 3.30. The van der Waals surface area contributed by atoms with Crippen molar-refractivity contribution >= 4 is 6.01 Å². The molecule has 0 aliphatic carbocycles. The maximum absolute atomic E-state index is 5.70. The van der Waals surface area contributed by atoms with Gasteiger partial charge in [0.2, 0.25) is 0 Å². The Bertz CT molecular complexity index is 420. The Balaban J connectivity index is 1.60. The highest BCUT2D eigenvalue weighted by Crippen LogP contribution is 2.24. The smallest absolute Gasteiger partial charge is 0.297 e. The fraction of sp³-hybridized carbons (Fsp3) is 0.800. The third-order valence-corrected chi connectivity index (χ3v) is 4.35. The molecular formula is C15H26N4O. The number of hydrogen-bond acceptors (Lipinski definition) is 5. The van der Waals surface area contributed by atoms with Crippen LogP contribution in [0.2, 0.25) is 0 Å². The number of oxazole rings is 1. The quantitative estimate of drug-likeness (QED) is 0.833. The van der Waals surface area contributed by atoms with E-state index in [-0.39, 0.29) is 0 Å². The zero-order valence-electron chi connectivity index (χ0n) is 12.5. The van der Waals surface area contributed by atoms with E-state index in [1.165, 1.54) is 32.4 Å². The van der Waals surface area contributed by atoms with Gasteiger partial charge in [-0.15, -0.1) is 0 Å². The number of aromatic nitrogens is 1. The van der Waals surface area contributed by atoms with Gasteiger partial charge in [0.25, 0.3) is 6.01 Å². The topological polar surface area (TPSA) is 44.5 Å². The third-order valence-electron chi connectivity index (χ3n) is 4.35. The van der Waals surface area contributed by atoms with Crippen molar-refractivity contribution < 1.29 is 4.42 Å². The third kappa shape index (κ3) is 3.15. The van der Waals surface area contributed by atoms with E-state index in [1.807, 2.05) is 0 Å². The summed E-state index contributed by atoms with van der Waals surface area (Å²) in [5.74, 6) is 0. The molecule has 3 rings (SSSR count). The van der Waals surface area contributed by atoms with Crippen LogP contribution < -0.4 is 10.2 Å². The second-order valence-electron chi connectivity index (χ2n) is 5.93. The first kappa shape index (κ1) is 13.9. The summed E-state index contributed by atoms with van der Waals surface area (Å²) in [4.78, 5) is 9.60. The monoisotopic (exact) mass is 278 g/mol. The van der Waals surface area contributed by atoms with E-state index in [0.29, 0.717) is 6.04 Å². The molecule has 1 atom stereocenters. The van der Waals surface area contributed by atoms with Crippen LogP contribution in [0.3, 0.4) is 0 Å². The summed E-state index contributed by atoms with van der Waals surface area (Å²) in [6, 6.07) is 1.51. The van der Waals surface area contributed by atoms with Crippen LogP contribution in [-0.4, -0.2) is 48.6 Å². The summed E-state index contributed by atoms with van der Waals surface area (Å²) in [6.45, 7) is 8.65. The molecule has 0 spiro atoms. The number of nitrogens with zero attached hydrogens (tertiary/aromatic N) is 3. The van der Waals surface area contributed by atoms with E-state index < -0.39 is 0 Å². The predicted molar refractivity (Wildman–Crippen MR) is 79.9 cm³/mol. The molecule has 0 bridgehead atoms. The maximum Gasteiger partial charge on any atom is 0.297 e. The zero-order chi connectivity index (χ0) is 13.8. The van der Waals surface area contributed by atoms with Crippen molar-refractivity contribution in [3.63, 3.8) is 0 Å². The molecular weight excluding hydrogens is 252 g/mol. The summed E-state index contributed by atoms with van der Waals surface area (Å²) < 4.78 is 5.70. The number of fused-ring (bicyclic) bond motifs is 1. The van der Waals surface area contributed by atoms with E-state index >= 15 is 0 Å². The highest BCUT2D eigenvalue weighted by molar-refractivity contribution is 5.28. The summed E-state index contributed by atoms with van der Waals surface area (Å²) in [5, 5.41) is 3.37. The largest absolute Gasteiger partial charge is 0.432 e. The Hall–Kier alpha value is -1.07. The molecule has 0 saturated carbocycles. The van der Waals surface area contributed by atoms with Gasteiger partial charge in [-0.05, 0) is 38.8 Å². The van der Waals surface area contributed by atoms with E-state index in [9.17, 15) is 0 Å². The summed E-state index contributed by atoms with van der Waals surface area (Å²) in [5.41, 5.74) is 1.01. The lowest BCUT2D eigenvalue weighted by Gasteiger charge is -2.24. The molecule has 5 nitrogen and oxygen atoms in total. The van der Waals surface area contributed by atoms with Crippen LogP contribution >= 0.6 is 0 Å². The van der Waals surface area contributed by atoms with Crippen LogP contribution in [0.1, 0.15) is 38.3 Å². The van der Waals surface area contributed by atoms with E-state index in [2.05, 4.69) is 27.0 Å². The molecule has 2 fully saturated rings. The van der Waals surface area contributed by atoms with Gasteiger partial charge in [0.15, 0.2) is 0 Å². The van der Waals surface area contributed by atoms with Gasteiger partial charge in [0, 0.05) is 32.2 Å². The lowest BCUT2D eigenvalue weighted by atomic mass is 10.2. The molecule has 2 aliphatic heterocycles. The first-order valence-electron chi connectivity index (χ1n) is 8.01. The Kier molecular flexibility index (Phi) is 4.58. The van der Waals surface area contributed by atoms with Crippen LogP contribution in [0.4, 0.5) is 6.01 Å². The lowest BCUT2D eigenvalue weighted by Crippen LogP contribution is -2.36. The summed E-state index contributed by atoms with van der Waals surface area (Å²) in [7, 11) is 0. The normalized spacial score (nSPS) is 23.9. The predicted octanol–water partition coefficient (Wildman–Crippen LogP) is 1.85. The van der Waals surface area contributed by atoms with Crippen molar-refractivity contribution in [2.24, 2.45) is 0 Å². The van der Waals surface area contributed by atoms with Gasteiger partial charge in [0.1, 0.15) is 6.26 Å². The molecule has 1 N–H and O–H groups in total. The maximum atomic E-state index is 5.70. The molecule has 3 heterocycles. The van der Waals surface area contributed by atoms with Crippen molar-refractivity contribution in [3.05, 3.63) is 12.0 Å². The molecule has 0 radical (unpaired) electrons. The molecule has 1 aromatic heterocycles. The average Bonchev–Trinajstić information content (AvgIpc) is 3.05. The lowest BCUT2D eigenvalue weighted by molar-refractivity contribution is 0.272. The van der Waals surface area contributed by atoms with Crippen LogP contribution in [0, 0.1) is 0 Å². The van der Waals surface area contributed by atoms with Crippen molar-refractivity contribution in [2.45, 2.75) is 45.2 Å². The fourth-order valence-electron chi connectivity index (χ4n) is 3.30. The second kappa shape index (κ2) is 6.59. The van der Waals surface area contributed by atoms with Gasteiger partial charge in [-0.3, -0.25) is 4.90 Å². The minimum atomic E-state index is 0.700. The number of nitrogens with one attached hydrogen (secondary N) is 1. The molecule has 5 heteroatoms. The van der Waals surface area contributed by atoms with E-state index in [4.69, 9.17) is 4.42 Å². The standard InChI is InChI=1S/C15H26N4O/c1-2-6-16-10-13-12-20-15(17-13)19-9-4-8-18-7-3-5-14(18)11-19/h12,14,16H,2-11H2,1H3. The van der Waals surface area contributed by atoms with Gasteiger partial charge in [-0.25, -0.2) is 0 Å². The van der Waals surface area contributed by atoms with Crippen LogP contribution in [0.5, 0.6) is 0 Å². The van der Waals surface area contributed by atoms with Crippen LogP contribution in [0.25, 0.3) is 0 Å². The molecule has 112 valence electrons. The Morgan fingerprint density at radius 2 is 2.25 bits per heavy atom. The van der Waals surface area contributed by atoms with Crippen LogP contribution in [0.15, 0.2) is 10.7 Å². The van der Waals surface area contributed by atoms with Gasteiger partial charge < -0.3 is 14.6 Å². The molecule has 0 amide bonds. The summed E-state index contributed by atoms with van der Waals surface area (Å²) >= 11 is 0. The van der Waals surface area contributed by atoms with Crippen molar-refractivity contribution in [3.8, 4) is 0 Å². The first-order valence-corrected chi connectivity index (χ1v) is 8.01. The number of hydrogen-bond donors (Lipinski definition) is 1. The number of anilines is 1. The molecule has 1 aromatic rings. The molecule has 2 saturated heterocycles. The van der Waals surface area contributed by atoms with Gasteiger partial charge in [0.05, 0.1) is 5.69 Å². The van der Waals surface area contributed by atoms with E-state index in [0.717, 1.165) is 44.3 Å². The molecule has 2 aliphatic rings. The summed E-state index contributed by atoms with van der Waals surface area (Å²) in [6.07, 6.45) is 6.82. The first-order chi connectivity index (χ1) is 9.86. The minimum absolute atomic E-state index is 0.700. The van der Waals surface area contributed by atoms with Crippen molar-refractivity contribution in [2.75, 3.05) is 37.6 Å². The Labute approximate surface area is 121 Å². The van der Waals surface area contributed by atoms with Crippen molar-refractivity contribution in [1.29, 1.82) is 0 Å². The SMILES string of the molecule is CCCNCc1coc(N2CCCN3CCCC3C2)n1. The van der Waals surface area contributed by atoms with Crippen molar-refractivity contribution in [1.82, 2.24) is 15.2 Å². The van der Waals surface area contributed by atoms with E-state index in [1.54, 1.807) is 6.26 Å². The number of rotatable bonds is 5. The molecule has 1 unspecified atom stereocenters. The molecule has 20 heavy (non-hydrogen) atoms. The highest BCUT2D eigenvalue weighted by Gasteiger charge is 2.30. The highest BCUT2D eigenvalue weighted by atomic mass is 16.4. The second-order valence-corrected chi connectivity index (χ2v) is 5.93. The van der Waals surface area contributed by atoms with Gasteiger partial charge in [-0.1, -0.05) is 6.92 Å². The Morgan fingerprint density at radius 3 is 3.15 bits per heavy atom. The molecule has 0 aromatic carbocycles. The Morgan fingerprint density at radius 1 is 1.35 bits per heavy atom. The van der Waals surface area contributed by atoms with Gasteiger partial charge >= 0.3 is 0 Å². The van der Waals surface area contributed by atoms with Gasteiger partial charge in [-0.2, -0.15) is 4.98 Å².